The summed E-state index contributed by atoms with van der Waals surface area (Å²) >= 11 is 0. The maximum absolute atomic E-state index is 13.8. The van der Waals surface area contributed by atoms with Gasteiger partial charge in [0.2, 0.25) is 0 Å². The second-order valence-electron chi connectivity index (χ2n) is 5.22. The molecule has 1 aromatic carbocycles. The summed E-state index contributed by atoms with van der Waals surface area (Å²) in [6, 6.07) is 3.50. The molecule has 0 heterocycles. The molecule has 0 saturated carbocycles. The largest absolute Gasteiger partial charge is 0.330 e. The van der Waals surface area contributed by atoms with Crippen molar-refractivity contribution >= 4 is 0 Å². The van der Waals surface area contributed by atoms with Gasteiger partial charge in [-0.25, -0.2) is 8.78 Å². The van der Waals surface area contributed by atoms with Crippen LogP contribution in [0.15, 0.2) is 18.2 Å². The third-order valence-electron chi connectivity index (χ3n) is 3.04. The lowest BCUT2D eigenvalue weighted by Gasteiger charge is -2.38. The van der Waals surface area contributed by atoms with Crippen molar-refractivity contribution < 1.29 is 8.78 Å². The SMILES string of the molecule is CN(C)C(c1ccc(F)cc1F)C(C)(C)CN. The number of nitrogens with zero attached hydrogens (tertiary/aromatic N) is 1. The zero-order valence-corrected chi connectivity index (χ0v) is 10.8. The first kappa shape index (κ1) is 14.1. The van der Waals surface area contributed by atoms with Crippen molar-refractivity contribution in [3.8, 4) is 0 Å². The smallest absolute Gasteiger partial charge is 0.130 e. The molecule has 0 bridgehead atoms. The molecule has 2 nitrogen and oxygen atoms in total. The lowest BCUT2D eigenvalue weighted by atomic mass is 9.79. The predicted octanol–water partition coefficient (Wildman–Crippen LogP) is 2.55. The first-order chi connectivity index (χ1) is 7.79. The van der Waals surface area contributed by atoms with Gasteiger partial charge in [0.1, 0.15) is 11.6 Å². The van der Waals surface area contributed by atoms with E-state index in [0.717, 1.165) is 6.07 Å². The van der Waals surface area contributed by atoms with Crippen molar-refractivity contribution in [3.05, 3.63) is 35.4 Å². The molecular weight excluding hydrogens is 222 g/mol. The van der Waals surface area contributed by atoms with Crippen LogP contribution in [0.2, 0.25) is 0 Å². The molecule has 0 fully saturated rings. The van der Waals surface area contributed by atoms with E-state index in [9.17, 15) is 8.78 Å². The molecule has 0 aliphatic rings. The zero-order chi connectivity index (χ0) is 13.2. The van der Waals surface area contributed by atoms with Crippen LogP contribution in [0.1, 0.15) is 25.5 Å². The summed E-state index contributed by atoms with van der Waals surface area (Å²) in [6.07, 6.45) is 0. The van der Waals surface area contributed by atoms with Gasteiger partial charge in [-0.05, 0) is 32.1 Å². The van der Waals surface area contributed by atoms with Crippen LogP contribution in [0.5, 0.6) is 0 Å². The maximum Gasteiger partial charge on any atom is 0.130 e. The minimum Gasteiger partial charge on any atom is -0.330 e. The Hall–Kier alpha value is -1.00. The zero-order valence-electron chi connectivity index (χ0n) is 10.8. The molecular formula is C13H20F2N2. The van der Waals surface area contributed by atoms with Gasteiger partial charge in [0.25, 0.3) is 0 Å². The van der Waals surface area contributed by atoms with Gasteiger partial charge in [-0.2, -0.15) is 0 Å². The molecule has 0 radical (unpaired) electrons. The molecule has 0 aromatic heterocycles. The third kappa shape index (κ3) is 3.01. The van der Waals surface area contributed by atoms with Gasteiger partial charge in [-0.1, -0.05) is 19.9 Å². The molecule has 1 unspecified atom stereocenters. The van der Waals surface area contributed by atoms with Crippen LogP contribution in [-0.4, -0.2) is 25.5 Å². The quantitative estimate of drug-likeness (QED) is 0.879. The Morgan fingerprint density at radius 1 is 1.29 bits per heavy atom. The first-order valence-electron chi connectivity index (χ1n) is 5.61. The first-order valence-corrected chi connectivity index (χ1v) is 5.61. The summed E-state index contributed by atoms with van der Waals surface area (Å²) in [5.41, 5.74) is 5.93. The van der Waals surface area contributed by atoms with Crippen LogP contribution in [0.4, 0.5) is 8.78 Å². The molecule has 96 valence electrons. The van der Waals surface area contributed by atoms with Gasteiger partial charge >= 0.3 is 0 Å². The highest BCUT2D eigenvalue weighted by molar-refractivity contribution is 5.24. The second kappa shape index (κ2) is 5.10. The van der Waals surface area contributed by atoms with Crippen molar-refractivity contribution in [2.75, 3.05) is 20.6 Å². The molecule has 0 spiro atoms. The Bertz CT molecular complexity index is 389. The van der Waals surface area contributed by atoms with Crippen molar-refractivity contribution in [1.29, 1.82) is 0 Å². The van der Waals surface area contributed by atoms with Gasteiger partial charge in [-0.3, -0.25) is 0 Å². The van der Waals surface area contributed by atoms with Gasteiger partial charge in [0.05, 0.1) is 0 Å². The minimum absolute atomic E-state index is 0.187. The van der Waals surface area contributed by atoms with Crippen LogP contribution in [-0.2, 0) is 0 Å². The van der Waals surface area contributed by atoms with Crippen molar-refractivity contribution in [2.24, 2.45) is 11.1 Å². The summed E-state index contributed by atoms with van der Waals surface area (Å²) in [5, 5.41) is 0. The fourth-order valence-corrected chi connectivity index (χ4v) is 2.23. The number of hydrogen-bond donors (Lipinski definition) is 1. The summed E-state index contributed by atoms with van der Waals surface area (Å²) in [6.45, 7) is 4.37. The Kier molecular flexibility index (Phi) is 4.22. The lowest BCUT2D eigenvalue weighted by molar-refractivity contribution is 0.139. The summed E-state index contributed by atoms with van der Waals surface area (Å²) in [7, 11) is 3.73. The molecule has 1 rings (SSSR count). The Labute approximate surface area is 101 Å². The third-order valence-corrected chi connectivity index (χ3v) is 3.04. The van der Waals surface area contributed by atoms with E-state index in [0.29, 0.717) is 12.1 Å². The number of hydrogen-bond acceptors (Lipinski definition) is 2. The van der Waals surface area contributed by atoms with E-state index in [4.69, 9.17) is 5.73 Å². The average Bonchev–Trinajstić information content (AvgIpc) is 2.21. The van der Waals surface area contributed by atoms with Crippen molar-refractivity contribution in [3.63, 3.8) is 0 Å². The molecule has 17 heavy (non-hydrogen) atoms. The van der Waals surface area contributed by atoms with E-state index in [1.54, 1.807) is 0 Å². The van der Waals surface area contributed by atoms with E-state index >= 15 is 0 Å². The van der Waals surface area contributed by atoms with E-state index in [1.807, 2.05) is 32.8 Å². The molecule has 0 amide bonds. The predicted molar refractivity (Wildman–Crippen MR) is 65.6 cm³/mol. The second-order valence-corrected chi connectivity index (χ2v) is 5.22. The Morgan fingerprint density at radius 3 is 2.29 bits per heavy atom. The summed E-state index contributed by atoms with van der Waals surface area (Å²) in [5.74, 6) is -1.08. The number of benzene rings is 1. The van der Waals surface area contributed by atoms with Crippen LogP contribution in [0.25, 0.3) is 0 Å². The lowest BCUT2D eigenvalue weighted by Crippen LogP contribution is -2.39. The highest BCUT2D eigenvalue weighted by atomic mass is 19.1. The highest BCUT2D eigenvalue weighted by Gasteiger charge is 2.33. The van der Waals surface area contributed by atoms with E-state index in [1.165, 1.54) is 12.1 Å². The molecule has 1 aromatic rings. The van der Waals surface area contributed by atoms with Gasteiger partial charge in [0.15, 0.2) is 0 Å². The summed E-state index contributed by atoms with van der Waals surface area (Å²) in [4.78, 5) is 1.91. The monoisotopic (exact) mass is 242 g/mol. The normalized spacial score (nSPS) is 14.1. The molecule has 1 atom stereocenters. The summed E-state index contributed by atoms with van der Waals surface area (Å²) < 4.78 is 26.7. The van der Waals surface area contributed by atoms with E-state index < -0.39 is 11.6 Å². The average molecular weight is 242 g/mol. The van der Waals surface area contributed by atoms with Gasteiger partial charge in [0, 0.05) is 17.7 Å². The molecule has 0 aliphatic heterocycles. The van der Waals surface area contributed by atoms with Gasteiger partial charge < -0.3 is 10.6 Å². The Balaban J connectivity index is 3.24. The standard InChI is InChI=1S/C13H20F2N2/c1-13(2,8-16)12(17(3)4)10-6-5-9(14)7-11(10)15/h5-7,12H,8,16H2,1-4H3. The molecule has 2 N–H and O–H groups in total. The molecule has 0 aliphatic carbocycles. The van der Waals surface area contributed by atoms with Crippen LogP contribution in [0.3, 0.4) is 0 Å². The van der Waals surface area contributed by atoms with Crippen LogP contribution in [0, 0.1) is 17.0 Å². The molecule has 4 heteroatoms. The number of halogens is 2. The van der Waals surface area contributed by atoms with Crippen molar-refractivity contribution in [1.82, 2.24) is 4.90 Å². The fourth-order valence-electron chi connectivity index (χ4n) is 2.23. The fraction of sp³-hybridized carbons (Fsp3) is 0.538. The minimum atomic E-state index is -0.561. The topological polar surface area (TPSA) is 29.3 Å². The van der Waals surface area contributed by atoms with E-state index in [-0.39, 0.29) is 11.5 Å². The van der Waals surface area contributed by atoms with Gasteiger partial charge in [-0.15, -0.1) is 0 Å². The highest BCUT2D eigenvalue weighted by Crippen LogP contribution is 2.37. The van der Waals surface area contributed by atoms with Crippen LogP contribution < -0.4 is 5.73 Å². The molecule has 0 saturated heterocycles. The van der Waals surface area contributed by atoms with Crippen LogP contribution >= 0.6 is 0 Å². The maximum atomic E-state index is 13.8. The number of nitrogens with two attached hydrogens (primary N) is 1. The Morgan fingerprint density at radius 2 is 1.88 bits per heavy atom. The van der Waals surface area contributed by atoms with Crippen molar-refractivity contribution in [2.45, 2.75) is 19.9 Å². The number of rotatable bonds is 4. The van der Waals surface area contributed by atoms with E-state index in [2.05, 4.69) is 0 Å².